The molecule has 1 aromatic heterocycles. The highest BCUT2D eigenvalue weighted by Gasteiger charge is 2.25. The van der Waals surface area contributed by atoms with Crippen LogP contribution in [0.3, 0.4) is 0 Å². The zero-order valence-electron chi connectivity index (χ0n) is 20.2. The molecule has 1 aliphatic heterocycles. The molecular formula is C29H25NO6. The minimum Gasteiger partial charge on any atom is -0.497 e. The van der Waals surface area contributed by atoms with Crippen molar-refractivity contribution in [2.24, 2.45) is 0 Å². The predicted molar refractivity (Wildman–Crippen MR) is 136 cm³/mol. The summed E-state index contributed by atoms with van der Waals surface area (Å²) in [5, 5.41) is 0.834. The van der Waals surface area contributed by atoms with Crippen molar-refractivity contribution in [1.82, 2.24) is 4.90 Å². The number of carbonyl (C=O) groups excluding carboxylic acids is 2. The molecule has 36 heavy (non-hydrogen) atoms. The molecule has 0 saturated heterocycles. The van der Waals surface area contributed by atoms with E-state index >= 15 is 0 Å². The Balaban J connectivity index is 1.57. The quantitative estimate of drug-likeness (QED) is 0.192. The van der Waals surface area contributed by atoms with Crippen LogP contribution in [0.15, 0.2) is 77.4 Å². The first-order valence-corrected chi connectivity index (χ1v) is 11.5. The lowest BCUT2D eigenvalue weighted by molar-refractivity contribution is -0.119. The van der Waals surface area contributed by atoms with E-state index in [-0.39, 0.29) is 11.5 Å². The van der Waals surface area contributed by atoms with Gasteiger partial charge in [-0.25, -0.2) is 0 Å². The summed E-state index contributed by atoms with van der Waals surface area (Å²) in [4.78, 5) is 26.6. The van der Waals surface area contributed by atoms with Gasteiger partial charge in [0.1, 0.15) is 22.8 Å². The molecule has 1 unspecified atom stereocenters. The maximum absolute atomic E-state index is 13.7. The number of likely N-dealkylation sites (N-methyl/N-ethyl adjacent to an activating group) is 1. The third-order valence-corrected chi connectivity index (χ3v) is 6.08. The van der Waals surface area contributed by atoms with Crippen molar-refractivity contribution in [1.29, 1.82) is 0 Å². The van der Waals surface area contributed by atoms with E-state index in [0.29, 0.717) is 34.5 Å². The molecule has 7 nitrogen and oxygen atoms in total. The second-order valence-electron chi connectivity index (χ2n) is 8.65. The van der Waals surface area contributed by atoms with Crippen LogP contribution in [0.2, 0.25) is 0 Å². The number of carbonyl (C=O) groups is 2. The van der Waals surface area contributed by atoms with Crippen LogP contribution in [-0.2, 0) is 11.2 Å². The average molecular weight is 484 g/mol. The van der Waals surface area contributed by atoms with E-state index in [2.05, 4.69) is 0 Å². The normalized spacial score (nSPS) is 13.2. The zero-order chi connectivity index (χ0) is 25.2. The molecule has 0 radical (unpaired) electrons. The number of benzene rings is 3. The molecular weight excluding hydrogens is 458 g/mol. The van der Waals surface area contributed by atoms with E-state index in [9.17, 15) is 9.59 Å². The van der Waals surface area contributed by atoms with Crippen LogP contribution in [-0.4, -0.2) is 44.4 Å². The Hall–Kier alpha value is -4.36. The molecule has 1 aliphatic rings. The first-order chi connectivity index (χ1) is 17.5. The molecule has 182 valence electrons. The maximum atomic E-state index is 13.7. The number of aldehydes is 1. The lowest BCUT2D eigenvalue weighted by Crippen LogP contribution is -2.34. The first kappa shape index (κ1) is 23.4. The van der Waals surface area contributed by atoms with Crippen LogP contribution in [0.25, 0.3) is 22.1 Å². The van der Waals surface area contributed by atoms with Crippen LogP contribution < -0.4 is 14.2 Å². The Morgan fingerprint density at radius 1 is 1.03 bits per heavy atom. The fourth-order valence-corrected chi connectivity index (χ4v) is 4.15. The topological polar surface area (TPSA) is 78.2 Å². The number of rotatable bonds is 8. The second-order valence-corrected chi connectivity index (χ2v) is 8.65. The number of allylic oxidation sites excluding steroid dienone is 1. The molecule has 0 aliphatic carbocycles. The van der Waals surface area contributed by atoms with Crippen molar-refractivity contribution in [3.05, 3.63) is 89.9 Å². The average Bonchev–Trinajstić information content (AvgIpc) is 3.28. The van der Waals surface area contributed by atoms with Gasteiger partial charge in [0.25, 0.3) is 0 Å². The molecule has 0 N–H and O–H groups in total. The van der Waals surface area contributed by atoms with E-state index in [1.165, 1.54) is 0 Å². The van der Waals surface area contributed by atoms with E-state index in [1.807, 2.05) is 42.5 Å². The summed E-state index contributed by atoms with van der Waals surface area (Å²) in [6.45, 7) is 0. The lowest BCUT2D eigenvalue weighted by atomic mass is 9.96. The smallest absolute Gasteiger partial charge is 0.228 e. The van der Waals surface area contributed by atoms with Crippen LogP contribution in [0.5, 0.6) is 17.2 Å². The van der Waals surface area contributed by atoms with Gasteiger partial charge in [-0.05, 0) is 80.2 Å². The summed E-state index contributed by atoms with van der Waals surface area (Å²) in [7, 11) is 5.11. The van der Waals surface area contributed by atoms with Gasteiger partial charge in [0, 0.05) is 22.6 Å². The minimum atomic E-state index is -0.716. The Kier molecular flexibility index (Phi) is 6.31. The molecule has 0 saturated carbocycles. The van der Waals surface area contributed by atoms with Gasteiger partial charge in [-0.15, -0.1) is 0 Å². The summed E-state index contributed by atoms with van der Waals surface area (Å²) in [5.41, 5.74) is 3.57. The van der Waals surface area contributed by atoms with Crippen molar-refractivity contribution < 1.29 is 28.2 Å². The molecule has 7 heteroatoms. The SMILES string of the molecule is COc1ccc(-c2c(C(=O)c3ccc(OC(C=O)N(C)C)cc3)oc3cc4c(cc23)CC=CO4)cc1. The Morgan fingerprint density at radius 2 is 1.75 bits per heavy atom. The van der Waals surface area contributed by atoms with Crippen LogP contribution in [0, 0.1) is 0 Å². The summed E-state index contributed by atoms with van der Waals surface area (Å²) >= 11 is 0. The molecule has 1 atom stereocenters. The Labute approximate surface area is 208 Å². The van der Waals surface area contributed by atoms with Crippen molar-refractivity contribution in [3.63, 3.8) is 0 Å². The number of nitrogens with zero attached hydrogens (tertiary/aromatic N) is 1. The highest BCUT2D eigenvalue weighted by Crippen LogP contribution is 2.40. The van der Waals surface area contributed by atoms with Crippen LogP contribution >= 0.6 is 0 Å². The summed E-state index contributed by atoms with van der Waals surface area (Å²) in [6, 6.07) is 18.0. The molecule has 0 bridgehead atoms. The minimum absolute atomic E-state index is 0.234. The molecule has 3 aromatic carbocycles. The highest BCUT2D eigenvalue weighted by molar-refractivity contribution is 6.16. The summed E-state index contributed by atoms with van der Waals surface area (Å²) < 4.78 is 22.8. The third-order valence-electron chi connectivity index (χ3n) is 6.08. The van der Waals surface area contributed by atoms with Gasteiger partial charge >= 0.3 is 0 Å². The number of hydrogen-bond acceptors (Lipinski definition) is 7. The zero-order valence-corrected chi connectivity index (χ0v) is 20.2. The molecule has 2 heterocycles. The second kappa shape index (κ2) is 9.71. The molecule has 4 aromatic rings. The molecule has 5 rings (SSSR count). The van der Waals surface area contributed by atoms with Crippen molar-refractivity contribution >= 4 is 23.0 Å². The van der Waals surface area contributed by atoms with Gasteiger partial charge in [-0.1, -0.05) is 12.1 Å². The van der Waals surface area contributed by atoms with Crippen LogP contribution in [0.1, 0.15) is 21.7 Å². The fraction of sp³-hybridized carbons (Fsp3) is 0.172. The lowest BCUT2D eigenvalue weighted by Gasteiger charge is -2.19. The van der Waals surface area contributed by atoms with Crippen molar-refractivity contribution in [2.45, 2.75) is 12.6 Å². The highest BCUT2D eigenvalue weighted by atomic mass is 16.5. The number of furan rings is 1. The third kappa shape index (κ3) is 4.36. The molecule has 0 fully saturated rings. The van der Waals surface area contributed by atoms with Gasteiger partial charge in [0.2, 0.25) is 12.0 Å². The van der Waals surface area contributed by atoms with Crippen molar-refractivity contribution in [2.75, 3.05) is 21.2 Å². The number of methoxy groups -OCH3 is 1. The largest absolute Gasteiger partial charge is 0.497 e. The van der Waals surface area contributed by atoms with Crippen LogP contribution in [0.4, 0.5) is 0 Å². The Morgan fingerprint density at radius 3 is 2.42 bits per heavy atom. The van der Waals surface area contributed by atoms with E-state index in [4.69, 9.17) is 18.6 Å². The standard InChI is InChI=1S/C29H25NO6/c1-30(2)26(17-31)35-22-12-8-19(9-13-22)28(32)29-27(18-6-10-21(33-3)11-7-18)23-15-20-5-4-14-34-24(20)16-25(23)36-29/h4,6-17,26H,5H2,1-3H3. The summed E-state index contributed by atoms with van der Waals surface area (Å²) in [6.07, 6.45) is 4.34. The van der Waals surface area contributed by atoms with Crippen molar-refractivity contribution in [3.8, 4) is 28.4 Å². The van der Waals surface area contributed by atoms with E-state index in [0.717, 1.165) is 28.7 Å². The van der Waals surface area contributed by atoms with E-state index < -0.39 is 6.23 Å². The monoisotopic (exact) mass is 483 g/mol. The van der Waals surface area contributed by atoms with Gasteiger partial charge in [0.15, 0.2) is 12.0 Å². The van der Waals surface area contributed by atoms with Gasteiger partial charge in [-0.2, -0.15) is 0 Å². The number of ether oxygens (including phenoxy) is 3. The van der Waals surface area contributed by atoms with Gasteiger partial charge in [-0.3, -0.25) is 14.5 Å². The fourth-order valence-electron chi connectivity index (χ4n) is 4.15. The first-order valence-electron chi connectivity index (χ1n) is 11.5. The number of ketones is 1. The van der Waals surface area contributed by atoms with Gasteiger partial charge in [0.05, 0.1) is 13.4 Å². The Bertz CT molecular complexity index is 1450. The van der Waals surface area contributed by atoms with E-state index in [1.54, 1.807) is 56.6 Å². The molecule has 0 amide bonds. The number of hydrogen-bond donors (Lipinski definition) is 0. The van der Waals surface area contributed by atoms with Gasteiger partial charge < -0.3 is 18.6 Å². The summed E-state index contributed by atoms with van der Waals surface area (Å²) in [5.74, 6) is 1.89. The maximum Gasteiger partial charge on any atom is 0.228 e. The predicted octanol–water partition coefficient (Wildman–Crippen LogP) is 5.25. The molecule has 0 spiro atoms. The number of fused-ring (bicyclic) bond motifs is 2.